The summed E-state index contributed by atoms with van der Waals surface area (Å²) in [5, 5.41) is 2.92. The molecule has 4 nitrogen and oxygen atoms in total. The van der Waals surface area contributed by atoms with Gasteiger partial charge in [0.05, 0.1) is 5.88 Å². The maximum absolute atomic E-state index is 13.1. The highest BCUT2D eigenvalue weighted by molar-refractivity contribution is 7.99. The molecule has 0 radical (unpaired) electrons. The molecule has 1 saturated heterocycles. The fraction of sp³-hybridized carbons (Fsp3) is 0.412. The van der Waals surface area contributed by atoms with Crippen LogP contribution in [-0.2, 0) is 9.59 Å². The van der Waals surface area contributed by atoms with Crippen molar-refractivity contribution < 1.29 is 14.0 Å². The first-order valence-electron chi connectivity index (χ1n) is 7.63. The van der Waals surface area contributed by atoms with E-state index < -0.39 is 6.04 Å². The van der Waals surface area contributed by atoms with E-state index in [9.17, 15) is 14.0 Å². The highest BCUT2D eigenvalue weighted by atomic mass is 32.2. The topological polar surface area (TPSA) is 49.4 Å². The zero-order valence-corrected chi connectivity index (χ0v) is 14.1. The molecule has 124 valence electrons. The van der Waals surface area contributed by atoms with Crippen LogP contribution in [0.5, 0.6) is 0 Å². The van der Waals surface area contributed by atoms with Crippen LogP contribution >= 0.6 is 11.8 Å². The van der Waals surface area contributed by atoms with Gasteiger partial charge in [-0.1, -0.05) is 19.1 Å². The third-order valence-corrected chi connectivity index (χ3v) is 4.75. The fourth-order valence-corrected chi connectivity index (χ4v) is 3.36. The van der Waals surface area contributed by atoms with Crippen molar-refractivity contribution in [2.24, 2.45) is 0 Å². The monoisotopic (exact) mass is 336 g/mol. The van der Waals surface area contributed by atoms with Crippen molar-refractivity contribution in [1.82, 2.24) is 10.2 Å². The number of halogens is 1. The molecule has 0 spiro atoms. The van der Waals surface area contributed by atoms with Crippen LogP contribution in [0.2, 0.25) is 0 Å². The Kier molecular flexibility index (Phi) is 6.21. The molecule has 2 unspecified atom stereocenters. The highest BCUT2D eigenvalue weighted by Crippen LogP contribution is 2.22. The molecule has 1 fully saturated rings. The molecule has 0 saturated carbocycles. The summed E-state index contributed by atoms with van der Waals surface area (Å²) in [5.74, 6) is 0.398. The van der Waals surface area contributed by atoms with E-state index in [0.29, 0.717) is 17.2 Å². The number of nitrogens with one attached hydrogen (secondary N) is 1. The van der Waals surface area contributed by atoms with E-state index in [2.05, 4.69) is 5.32 Å². The Bertz CT molecular complexity index is 606. The number of carbonyl (C=O) groups is 2. The number of benzene rings is 1. The van der Waals surface area contributed by atoms with E-state index in [1.54, 1.807) is 34.9 Å². The van der Waals surface area contributed by atoms with Crippen LogP contribution in [0.3, 0.4) is 0 Å². The lowest BCUT2D eigenvalue weighted by Crippen LogP contribution is -2.48. The first-order chi connectivity index (χ1) is 11.0. The highest BCUT2D eigenvalue weighted by Gasteiger charge is 2.33. The molecule has 1 heterocycles. The molecule has 2 atom stereocenters. The SMILES string of the molecule is CCC(C)NC(=O)C1CSCN1C(=O)/C=C/c1cccc(F)c1. The number of carbonyl (C=O) groups excluding carboxylic acids is 2. The molecular weight excluding hydrogens is 315 g/mol. The van der Waals surface area contributed by atoms with Crippen molar-refractivity contribution in [2.45, 2.75) is 32.4 Å². The molecule has 0 bridgehead atoms. The van der Waals surface area contributed by atoms with Gasteiger partial charge in [-0.3, -0.25) is 9.59 Å². The van der Waals surface area contributed by atoms with Crippen LogP contribution in [0.1, 0.15) is 25.8 Å². The van der Waals surface area contributed by atoms with Crippen LogP contribution in [0.15, 0.2) is 30.3 Å². The minimum atomic E-state index is -0.446. The van der Waals surface area contributed by atoms with E-state index in [-0.39, 0.29) is 23.7 Å². The molecule has 23 heavy (non-hydrogen) atoms. The molecule has 6 heteroatoms. The fourth-order valence-electron chi connectivity index (χ4n) is 2.19. The van der Waals surface area contributed by atoms with E-state index >= 15 is 0 Å². The Hall–Kier alpha value is -1.82. The first-order valence-corrected chi connectivity index (χ1v) is 8.79. The summed E-state index contributed by atoms with van der Waals surface area (Å²) in [6.45, 7) is 3.94. The molecular formula is C17H21FN2O2S. The van der Waals surface area contributed by atoms with E-state index in [4.69, 9.17) is 0 Å². The molecule has 0 aromatic heterocycles. The lowest BCUT2D eigenvalue weighted by atomic mass is 10.2. The first kappa shape index (κ1) is 17.5. The Morgan fingerprint density at radius 1 is 1.52 bits per heavy atom. The summed E-state index contributed by atoms with van der Waals surface area (Å²) in [5.41, 5.74) is 0.616. The van der Waals surface area contributed by atoms with Crippen molar-refractivity contribution in [3.05, 3.63) is 41.7 Å². The van der Waals surface area contributed by atoms with Gasteiger partial charge < -0.3 is 10.2 Å². The Balaban J connectivity index is 2.01. The maximum Gasteiger partial charge on any atom is 0.247 e. The third-order valence-electron chi connectivity index (χ3n) is 3.74. The second-order valence-electron chi connectivity index (χ2n) is 5.53. The normalized spacial score (nSPS) is 19.1. The summed E-state index contributed by atoms with van der Waals surface area (Å²) < 4.78 is 13.1. The maximum atomic E-state index is 13.1. The molecule has 0 aliphatic carbocycles. The largest absolute Gasteiger partial charge is 0.352 e. The van der Waals surface area contributed by atoms with Gasteiger partial charge in [-0.15, -0.1) is 11.8 Å². The second kappa shape index (κ2) is 8.15. The standard InChI is InChI=1S/C17H21FN2O2S/c1-3-12(2)19-17(22)15-10-23-11-20(15)16(21)8-7-13-5-4-6-14(18)9-13/h4-9,12,15H,3,10-11H2,1-2H3,(H,19,22)/b8-7+. The van der Waals surface area contributed by atoms with Crippen LogP contribution in [0, 0.1) is 5.82 Å². The van der Waals surface area contributed by atoms with Crippen LogP contribution in [-0.4, -0.2) is 40.4 Å². The number of thioether (sulfide) groups is 1. The van der Waals surface area contributed by atoms with Crippen LogP contribution in [0.4, 0.5) is 4.39 Å². The predicted molar refractivity (Wildman–Crippen MR) is 91.3 cm³/mol. The van der Waals surface area contributed by atoms with Gasteiger partial charge in [0, 0.05) is 17.9 Å². The number of amides is 2. The zero-order chi connectivity index (χ0) is 16.8. The third kappa shape index (κ3) is 4.82. The predicted octanol–water partition coefficient (Wildman–Crippen LogP) is 2.66. The van der Waals surface area contributed by atoms with E-state index in [1.165, 1.54) is 18.2 Å². The number of nitrogens with zero attached hydrogens (tertiary/aromatic N) is 1. The van der Waals surface area contributed by atoms with Gasteiger partial charge in [-0.25, -0.2) is 4.39 Å². The van der Waals surface area contributed by atoms with Gasteiger partial charge in [0.15, 0.2) is 0 Å². The Morgan fingerprint density at radius 3 is 3.00 bits per heavy atom. The lowest BCUT2D eigenvalue weighted by molar-refractivity contribution is -0.135. The molecule has 2 rings (SSSR count). The zero-order valence-electron chi connectivity index (χ0n) is 13.3. The Morgan fingerprint density at radius 2 is 2.30 bits per heavy atom. The van der Waals surface area contributed by atoms with Crippen LogP contribution in [0.25, 0.3) is 6.08 Å². The van der Waals surface area contributed by atoms with Gasteiger partial charge in [-0.2, -0.15) is 0 Å². The van der Waals surface area contributed by atoms with Crippen LogP contribution < -0.4 is 5.32 Å². The van der Waals surface area contributed by atoms with Gasteiger partial charge in [0.1, 0.15) is 11.9 Å². The van der Waals surface area contributed by atoms with E-state index in [0.717, 1.165) is 6.42 Å². The Labute approximate surface area is 140 Å². The molecule has 1 N–H and O–H groups in total. The number of rotatable bonds is 5. The summed E-state index contributed by atoms with van der Waals surface area (Å²) in [4.78, 5) is 26.1. The van der Waals surface area contributed by atoms with Gasteiger partial charge in [0.2, 0.25) is 11.8 Å². The molecule has 2 amide bonds. The molecule has 1 aromatic rings. The lowest BCUT2D eigenvalue weighted by Gasteiger charge is -2.23. The summed E-state index contributed by atoms with van der Waals surface area (Å²) in [7, 11) is 0. The smallest absolute Gasteiger partial charge is 0.247 e. The van der Waals surface area contributed by atoms with Crippen molar-refractivity contribution in [2.75, 3.05) is 11.6 Å². The summed E-state index contributed by atoms with van der Waals surface area (Å²) in [6, 6.07) is 5.67. The van der Waals surface area contributed by atoms with Crippen molar-refractivity contribution in [3.63, 3.8) is 0 Å². The van der Waals surface area contributed by atoms with Crippen molar-refractivity contribution in [1.29, 1.82) is 0 Å². The molecule has 1 aliphatic heterocycles. The number of hydrogen-bond donors (Lipinski definition) is 1. The average Bonchev–Trinajstić information content (AvgIpc) is 3.02. The minimum absolute atomic E-state index is 0.0906. The summed E-state index contributed by atoms with van der Waals surface area (Å²) in [6.07, 6.45) is 3.81. The molecule has 1 aliphatic rings. The number of hydrogen-bond acceptors (Lipinski definition) is 3. The quantitative estimate of drug-likeness (QED) is 0.841. The minimum Gasteiger partial charge on any atom is -0.352 e. The average molecular weight is 336 g/mol. The van der Waals surface area contributed by atoms with Gasteiger partial charge >= 0.3 is 0 Å². The van der Waals surface area contributed by atoms with Gasteiger partial charge in [0.25, 0.3) is 0 Å². The molecule has 1 aromatic carbocycles. The van der Waals surface area contributed by atoms with Gasteiger partial charge in [-0.05, 0) is 37.1 Å². The second-order valence-corrected chi connectivity index (χ2v) is 6.53. The van der Waals surface area contributed by atoms with E-state index in [1.807, 2.05) is 13.8 Å². The van der Waals surface area contributed by atoms with Crippen molar-refractivity contribution >= 4 is 29.7 Å². The van der Waals surface area contributed by atoms with Crippen molar-refractivity contribution in [3.8, 4) is 0 Å². The summed E-state index contributed by atoms with van der Waals surface area (Å²) >= 11 is 1.56.